The van der Waals surface area contributed by atoms with Gasteiger partial charge in [-0.1, -0.05) is 38.1 Å². The van der Waals surface area contributed by atoms with E-state index in [0.717, 1.165) is 29.5 Å². The zero-order valence-corrected chi connectivity index (χ0v) is 20.6. The monoisotopic (exact) mass is 515 g/mol. The molecule has 2 rings (SSSR count). The van der Waals surface area contributed by atoms with E-state index in [1.165, 1.54) is 5.56 Å². The Labute approximate surface area is 191 Å². The molecule has 0 saturated heterocycles. The number of aromatic nitrogens is 2. The van der Waals surface area contributed by atoms with E-state index in [2.05, 4.69) is 64.7 Å². The lowest BCUT2D eigenvalue weighted by molar-refractivity contribution is 0.215. The van der Waals surface area contributed by atoms with Crippen LogP contribution in [0.25, 0.3) is 0 Å². The van der Waals surface area contributed by atoms with Crippen LogP contribution >= 0.6 is 24.0 Å². The lowest BCUT2D eigenvalue weighted by Gasteiger charge is -2.18. The molecule has 0 fully saturated rings. The van der Waals surface area contributed by atoms with Gasteiger partial charge in [0.05, 0.1) is 6.10 Å². The van der Waals surface area contributed by atoms with Crippen molar-refractivity contribution in [3.8, 4) is 5.75 Å². The molecule has 0 amide bonds. The van der Waals surface area contributed by atoms with Crippen molar-refractivity contribution in [1.29, 1.82) is 0 Å². The van der Waals surface area contributed by atoms with Crippen LogP contribution in [0, 0.1) is 6.92 Å². The van der Waals surface area contributed by atoms with Crippen molar-refractivity contribution < 1.29 is 9.26 Å². The van der Waals surface area contributed by atoms with E-state index in [1.54, 1.807) is 7.05 Å². The van der Waals surface area contributed by atoms with Crippen LogP contribution in [0.2, 0.25) is 0 Å². The van der Waals surface area contributed by atoms with Crippen LogP contribution in [0.15, 0.2) is 27.7 Å². The number of benzene rings is 1. The Balaban J connectivity index is 0.00000420. The van der Waals surface area contributed by atoms with Crippen LogP contribution in [0.3, 0.4) is 0 Å². The largest absolute Gasteiger partial charge is 0.490 e. The first-order valence-electron chi connectivity index (χ1n) is 9.96. The van der Waals surface area contributed by atoms with Gasteiger partial charge in [-0.05, 0) is 31.9 Å². The second kappa shape index (κ2) is 12.7. The Kier molecular flexibility index (Phi) is 11.0. The molecular weight excluding hydrogens is 481 g/mol. The molecule has 7 nitrogen and oxygen atoms in total. The molecule has 2 aromatic rings. The van der Waals surface area contributed by atoms with Crippen LogP contribution in [0.4, 0.5) is 0 Å². The van der Waals surface area contributed by atoms with Crippen LogP contribution in [0.1, 0.15) is 62.9 Å². The van der Waals surface area contributed by atoms with Gasteiger partial charge in [0.1, 0.15) is 5.75 Å². The summed E-state index contributed by atoms with van der Waals surface area (Å²) in [6, 6.07) is 6.28. The maximum atomic E-state index is 6.07. The number of nitrogens with zero attached hydrogens (tertiary/aromatic N) is 3. The van der Waals surface area contributed by atoms with Crippen molar-refractivity contribution >= 4 is 29.9 Å². The number of hydrogen-bond acceptors (Lipinski definition) is 5. The van der Waals surface area contributed by atoms with Crippen molar-refractivity contribution in [3.63, 3.8) is 0 Å². The molecule has 0 saturated carbocycles. The number of guanidine groups is 1. The quantitative estimate of drug-likeness (QED) is 0.296. The van der Waals surface area contributed by atoms with Crippen molar-refractivity contribution in [2.75, 3.05) is 13.6 Å². The molecule has 2 N–H and O–H groups in total. The van der Waals surface area contributed by atoms with E-state index in [1.807, 2.05) is 13.8 Å². The van der Waals surface area contributed by atoms with Gasteiger partial charge in [0.25, 0.3) is 0 Å². The maximum absolute atomic E-state index is 6.07. The summed E-state index contributed by atoms with van der Waals surface area (Å²) >= 11 is 0. The number of hydrogen-bond donors (Lipinski definition) is 2. The zero-order valence-electron chi connectivity index (χ0n) is 18.3. The second-order valence-corrected chi connectivity index (χ2v) is 7.25. The fourth-order valence-electron chi connectivity index (χ4n) is 2.51. The van der Waals surface area contributed by atoms with Crippen LogP contribution in [0.5, 0.6) is 5.75 Å². The van der Waals surface area contributed by atoms with Crippen molar-refractivity contribution in [3.05, 3.63) is 41.0 Å². The smallest absolute Gasteiger partial charge is 0.228 e. The molecule has 1 atom stereocenters. The first-order valence-corrected chi connectivity index (χ1v) is 9.96. The second-order valence-electron chi connectivity index (χ2n) is 7.25. The Morgan fingerprint density at radius 1 is 1.24 bits per heavy atom. The Bertz CT molecular complexity index is 776. The molecule has 0 aliphatic rings. The van der Waals surface area contributed by atoms with Gasteiger partial charge < -0.3 is 19.9 Å². The molecule has 0 aliphatic carbocycles. The molecule has 1 heterocycles. The van der Waals surface area contributed by atoms with Gasteiger partial charge in [0, 0.05) is 38.0 Å². The summed E-state index contributed by atoms with van der Waals surface area (Å²) < 4.78 is 11.3. The van der Waals surface area contributed by atoms with Gasteiger partial charge >= 0.3 is 0 Å². The highest BCUT2D eigenvalue weighted by Gasteiger charge is 2.11. The summed E-state index contributed by atoms with van der Waals surface area (Å²) in [5.41, 5.74) is 2.29. The molecule has 1 unspecified atom stereocenters. The average Bonchev–Trinajstić information content (AvgIpc) is 3.15. The average molecular weight is 515 g/mol. The molecule has 1 aromatic heterocycles. The normalized spacial score (nSPS) is 12.4. The van der Waals surface area contributed by atoms with E-state index in [-0.39, 0.29) is 36.0 Å². The first-order chi connectivity index (χ1) is 13.4. The molecule has 1 aromatic carbocycles. The molecule has 8 heteroatoms. The number of halogens is 1. The lowest BCUT2D eigenvalue weighted by Crippen LogP contribution is -2.38. The van der Waals surface area contributed by atoms with E-state index < -0.39 is 0 Å². The standard InChI is InChI=1S/C21H33N5O2.HI/c1-7-16(5)27-18-12-15(4)8-9-17(18)13-24-21(22-6)23-11-10-19-25-20(14(2)3)26-28-19;/h8-9,12,14,16H,7,10-11,13H2,1-6H3,(H2,22,23,24);1H. The maximum Gasteiger partial charge on any atom is 0.228 e. The molecule has 0 bridgehead atoms. The van der Waals surface area contributed by atoms with E-state index in [4.69, 9.17) is 9.26 Å². The molecule has 29 heavy (non-hydrogen) atoms. The molecule has 0 aliphatic heterocycles. The minimum absolute atomic E-state index is 0. The summed E-state index contributed by atoms with van der Waals surface area (Å²) in [7, 11) is 1.75. The summed E-state index contributed by atoms with van der Waals surface area (Å²) in [5, 5.41) is 10.6. The molecular formula is C21H34IN5O2. The van der Waals surface area contributed by atoms with Crippen molar-refractivity contribution in [2.45, 2.75) is 66.0 Å². The van der Waals surface area contributed by atoms with Gasteiger partial charge in [-0.3, -0.25) is 4.99 Å². The molecule has 0 radical (unpaired) electrons. The minimum atomic E-state index is 0. The van der Waals surface area contributed by atoms with Gasteiger partial charge in [0.15, 0.2) is 11.8 Å². The minimum Gasteiger partial charge on any atom is -0.490 e. The fraction of sp³-hybridized carbons (Fsp3) is 0.571. The summed E-state index contributed by atoms with van der Waals surface area (Å²) in [4.78, 5) is 8.67. The van der Waals surface area contributed by atoms with Crippen molar-refractivity contribution in [1.82, 2.24) is 20.8 Å². The lowest BCUT2D eigenvalue weighted by atomic mass is 10.1. The summed E-state index contributed by atoms with van der Waals surface area (Å²) in [6.45, 7) is 11.7. The Morgan fingerprint density at radius 2 is 2.00 bits per heavy atom. The zero-order chi connectivity index (χ0) is 20.5. The van der Waals surface area contributed by atoms with Crippen LogP contribution in [-0.4, -0.2) is 35.8 Å². The highest BCUT2D eigenvalue weighted by Crippen LogP contribution is 2.22. The molecule has 0 spiro atoms. The van der Waals surface area contributed by atoms with E-state index in [9.17, 15) is 0 Å². The number of aliphatic imine (C=N–C) groups is 1. The third kappa shape index (κ3) is 8.20. The number of nitrogens with one attached hydrogen (secondary N) is 2. The third-order valence-electron chi connectivity index (χ3n) is 4.43. The van der Waals surface area contributed by atoms with Gasteiger partial charge in [0.2, 0.25) is 5.89 Å². The number of aryl methyl sites for hydroxylation is 1. The summed E-state index contributed by atoms with van der Waals surface area (Å²) in [5.74, 6) is 3.28. The predicted molar refractivity (Wildman–Crippen MR) is 127 cm³/mol. The van der Waals surface area contributed by atoms with E-state index >= 15 is 0 Å². The Hall–Kier alpha value is -1.84. The topological polar surface area (TPSA) is 84.6 Å². The highest BCUT2D eigenvalue weighted by molar-refractivity contribution is 14.0. The predicted octanol–water partition coefficient (Wildman–Crippen LogP) is 4.20. The summed E-state index contributed by atoms with van der Waals surface area (Å²) in [6.07, 6.45) is 1.80. The van der Waals surface area contributed by atoms with Gasteiger partial charge in [-0.2, -0.15) is 4.98 Å². The molecule has 162 valence electrons. The van der Waals surface area contributed by atoms with Crippen LogP contribution in [-0.2, 0) is 13.0 Å². The van der Waals surface area contributed by atoms with Crippen molar-refractivity contribution in [2.24, 2.45) is 4.99 Å². The highest BCUT2D eigenvalue weighted by atomic mass is 127. The van der Waals surface area contributed by atoms with Gasteiger partial charge in [-0.25, -0.2) is 0 Å². The van der Waals surface area contributed by atoms with Gasteiger partial charge in [-0.15, -0.1) is 24.0 Å². The third-order valence-corrected chi connectivity index (χ3v) is 4.43. The first kappa shape index (κ1) is 25.2. The SMILES string of the molecule is CCC(C)Oc1cc(C)ccc1CNC(=NC)NCCc1nc(C(C)C)no1.I. The van der Waals surface area contributed by atoms with Crippen LogP contribution < -0.4 is 15.4 Å². The number of ether oxygens (including phenoxy) is 1. The van der Waals surface area contributed by atoms with E-state index in [0.29, 0.717) is 25.4 Å². The fourth-order valence-corrected chi connectivity index (χ4v) is 2.51. The number of rotatable bonds is 9. The Morgan fingerprint density at radius 3 is 2.62 bits per heavy atom.